The minimum Gasteiger partial charge on any atom is -0.462 e. The molecule has 160 valence electrons. The van der Waals surface area contributed by atoms with E-state index in [0.717, 1.165) is 10.6 Å². The van der Waals surface area contributed by atoms with Crippen LogP contribution in [0.4, 0.5) is 4.79 Å². The molecule has 8 heteroatoms. The number of rotatable bonds is 9. The first-order chi connectivity index (χ1) is 14.5. The Kier molecular flexibility index (Phi) is 8.84. The molecule has 0 fully saturated rings. The summed E-state index contributed by atoms with van der Waals surface area (Å²) in [7, 11) is 0. The van der Waals surface area contributed by atoms with Gasteiger partial charge in [0.15, 0.2) is 0 Å². The highest BCUT2D eigenvalue weighted by Gasteiger charge is 2.33. The molecule has 0 aliphatic carbocycles. The van der Waals surface area contributed by atoms with Gasteiger partial charge in [-0.05, 0) is 50.5 Å². The number of nitrogens with one attached hydrogen (secondary N) is 1. The van der Waals surface area contributed by atoms with Crippen molar-refractivity contribution in [2.75, 3.05) is 19.3 Å². The molecule has 5 N–H and O–H groups in total. The highest BCUT2D eigenvalue weighted by molar-refractivity contribution is 7.92. The molecule has 0 aliphatic rings. The Morgan fingerprint density at radius 3 is 2.00 bits per heavy atom. The minimum absolute atomic E-state index is 0.222. The van der Waals surface area contributed by atoms with Crippen LogP contribution in [0.3, 0.4) is 0 Å². The van der Waals surface area contributed by atoms with Gasteiger partial charge < -0.3 is 16.2 Å². The van der Waals surface area contributed by atoms with Crippen molar-refractivity contribution in [3.63, 3.8) is 0 Å². The van der Waals surface area contributed by atoms with Gasteiger partial charge >= 0.3 is 12.0 Å². The number of hydrogen-bond donors (Lipinski definition) is 3. The summed E-state index contributed by atoms with van der Waals surface area (Å²) in [6.45, 7) is 1.66. The van der Waals surface area contributed by atoms with Gasteiger partial charge in [-0.3, -0.25) is 0 Å². The topological polar surface area (TPSA) is 120 Å². The van der Waals surface area contributed by atoms with Gasteiger partial charge in [0.25, 0.3) is 0 Å². The lowest BCUT2D eigenvalue weighted by Gasteiger charge is -2.31. The first kappa shape index (κ1) is 23.4. The van der Waals surface area contributed by atoms with Gasteiger partial charge in [-0.1, -0.05) is 60.7 Å². The van der Waals surface area contributed by atoms with Crippen LogP contribution in [-0.4, -0.2) is 42.3 Å². The molecule has 0 saturated heterocycles. The molecule has 0 aliphatic heterocycles. The van der Waals surface area contributed by atoms with E-state index < -0.39 is 18.9 Å². The quantitative estimate of drug-likeness (QED) is 0.244. The molecule has 0 radical (unpaired) electrons. The van der Waals surface area contributed by atoms with Crippen molar-refractivity contribution < 1.29 is 14.3 Å². The lowest BCUT2D eigenvalue weighted by molar-refractivity contribution is -0.134. The molecule has 7 nitrogen and oxygen atoms in total. The van der Waals surface area contributed by atoms with Gasteiger partial charge in [-0.25, -0.2) is 15.0 Å². The van der Waals surface area contributed by atoms with E-state index in [9.17, 15) is 9.59 Å². The molecule has 0 heterocycles. The van der Waals surface area contributed by atoms with Gasteiger partial charge in [0.05, 0.1) is 17.6 Å². The summed E-state index contributed by atoms with van der Waals surface area (Å²) in [5.41, 5.74) is 13.7. The summed E-state index contributed by atoms with van der Waals surface area (Å²) in [6, 6.07) is 18.9. The second kappa shape index (κ2) is 11.3. The monoisotopic (exact) mass is 428 g/mol. The Morgan fingerprint density at radius 1 is 1.03 bits per heavy atom. The number of nitrogens with zero attached hydrogens (tertiary/aromatic N) is 1. The SMILES string of the molecule is CCOC(=O)C(/C(C)=N/NC(N)=O)=P(CCCN)(c1ccccc1)c1ccccc1. The maximum absolute atomic E-state index is 13.3. The van der Waals surface area contributed by atoms with Crippen molar-refractivity contribution in [1.82, 2.24) is 5.43 Å². The van der Waals surface area contributed by atoms with Crippen LogP contribution in [0, 0.1) is 0 Å². The second-order valence-corrected chi connectivity index (χ2v) is 10.1. The van der Waals surface area contributed by atoms with Crippen molar-refractivity contribution in [1.29, 1.82) is 0 Å². The molecule has 0 bridgehead atoms. The number of esters is 1. The molecule has 0 aromatic heterocycles. The first-order valence-corrected chi connectivity index (χ1v) is 11.8. The van der Waals surface area contributed by atoms with E-state index in [1.807, 2.05) is 60.7 Å². The van der Waals surface area contributed by atoms with Crippen molar-refractivity contribution in [3.05, 3.63) is 60.7 Å². The highest BCUT2D eigenvalue weighted by atomic mass is 31.2. The number of carbonyl (C=O) groups excluding carboxylic acids is 2. The summed E-state index contributed by atoms with van der Waals surface area (Å²) in [5, 5.41) is 6.58. The Balaban J connectivity index is 3.01. The molecule has 0 spiro atoms. The molecule has 2 aromatic rings. The Bertz CT molecular complexity index is 900. The van der Waals surface area contributed by atoms with Crippen LogP contribution >= 0.6 is 6.89 Å². The third-order valence-corrected chi connectivity index (χ3v) is 9.23. The van der Waals surface area contributed by atoms with Gasteiger partial charge in [0, 0.05) is 0 Å². The van der Waals surface area contributed by atoms with Gasteiger partial charge in [0.2, 0.25) is 0 Å². The van der Waals surface area contributed by atoms with Gasteiger partial charge in [0.1, 0.15) is 0 Å². The zero-order chi connectivity index (χ0) is 22.0. The van der Waals surface area contributed by atoms with Crippen molar-refractivity contribution in [3.8, 4) is 0 Å². The number of urea groups is 1. The van der Waals surface area contributed by atoms with Crippen LogP contribution in [0.2, 0.25) is 0 Å². The maximum Gasteiger partial charge on any atom is 0.340 e. The van der Waals surface area contributed by atoms with Crippen LogP contribution in [0.5, 0.6) is 0 Å². The summed E-state index contributed by atoms with van der Waals surface area (Å²) in [6.07, 6.45) is 1.37. The fourth-order valence-electron chi connectivity index (χ4n) is 3.44. The molecule has 2 rings (SSSR count). The number of amides is 2. The average Bonchev–Trinajstić information content (AvgIpc) is 2.76. The number of ether oxygens (including phenoxy) is 1. The molecule has 0 unspecified atom stereocenters. The van der Waals surface area contributed by atoms with Crippen LogP contribution < -0.4 is 27.5 Å². The lowest BCUT2D eigenvalue weighted by atomic mass is 10.3. The fraction of sp³-hybridized carbons (Fsp3) is 0.273. The van der Waals surface area contributed by atoms with E-state index in [1.54, 1.807) is 13.8 Å². The molecule has 0 atom stereocenters. The molecular weight excluding hydrogens is 399 g/mol. The van der Waals surface area contributed by atoms with Crippen LogP contribution in [0.15, 0.2) is 65.8 Å². The van der Waals surface area contributed by atoms with Gasteiger partial charge in [-0.15, -0.1) is 0 Å². The van der Waals surface area contributed by atoms with E-state index in [4.69, 9.17) is 16.2 Å². The first-order valence-electron chi connectivity index (χ1n) is 9.81. The summed E-state index contributed by atoms with van der Waals surface area (Å²) in [5.74, 6) is -0.455. The predicted octanol–water partition coefficient (Wildman–Crippen LogP) is 1.78. The number of carbonyl (C=O) groups is 2. The largest absolute Gasteiger partial charge is 0.462 e. The number of benzene rings is 2. The minimum atomic E-state index is -2.49. The predicted molar refractivity (Wildman–Crippen MR) is 125 cm³/mol. The number of nitrogens with two attached hydrogens (primary N) is 2. The molecule has 30 heavy (non-hydrogen) atoms. The van der Waals surface area contributed by atoms with E-state index in [2.05, 4.69) is 10.5 Å². The molecule has 0 saturated carbocycles. The Morgan fingerprint density at radius 2 is 1.57 bits per heavy atom. The molecular formula is C22H29N4O3P. The molecule has 2 aromatic carbocycles. The second-order valence-electron chi connectivity index (χ2n) is 6.59. The summed E-state index contributed by atoms with van der Waals surface area (Å²) < 4.78 is 5.46. The standard InChI is InChI=1S/C22H29N4O3P/c1-3-29-21(27)20(17(2)25-26-22(24)28)30(16-10-15-23,18-11-6-4-7-12-18)19-13-8-5-9-14-19/h4-9,11-14H,3,10,15-16,23H2,1-2H3,(H3,24,26,28)/b25-17+. The van der Waals surface area contributed by atoms with E-state index in [0.29, 0.717) is 30.1 Å². The fourth-order valence-corrected chi connectivity index (χ4v) is 7.99. The van der Waals surface area contributed by atoms with Crippen LogP contribution in [0.25, 0.3) is 0 Å². The number of hydrazone groups is 1. The average molecular weight is 428 g/mol. The van der Waals surface area contributed by atoms with E-state index in [-0.39, 0.29) is 6.61 Å². The number of hydrogen-bond acceptors (Lipinski definition) is 5. The highest BCUT2D eigenvalue weighted by Crippen LogP contribution is 2.48. The summed E-state index contributed by atoms with van der Waals surface area (Å²) in [4.78, 5) is 24.6. The Labute approximate surface area is 177 Å². The van der Waals surface area contributed by atoms with Crippen LogP contribution in [0.1, 0.15) is 20.3 Å². The zero-order valence-electron chi connectivity index (χ0n) is 17.4. The van der Waals surface area contributed by atoms with Crippen molar-refractivity contribution in [2.45, 2.75) is 20.3 Å². The van der Waals surface area contributed by atoms with Crippen LogP contribution in [-0.2, 0) is 9.53 Å². The zero-order valence-corrected chi connectivity index (χ0v) is 18.3. The summed E-state index contributed by atoms with van der Waals surface area (Å²) >= 11 is 0. The van der Waals surface area contributed by atoms with E-state index >= 15 is 0 Å². The normalized spacial score (nSPS) is 11.6. The third-order valence-electron chi connectivity index (χ3n) is 4.62. The van der Waals surface area contributed by atoms with Crippen molar-refractivity contribution >= 4 is 40.5 Å². The Hall–Kier alpha value is -2.89. The third kappa shape index (κ3) is 5.38. The maximum atomic E-state index is 13.3. The lowest BCUT2D eigenvalue weighted by Crippen LogP contribution is -2.36. The smallest absolute Gasteiger partial charge is 0.340 e. The number of primary amides is 1. The van der Waals surface area contributed by atoms with E-state index in [1.165, 1.54) is 0 Å². The van der Waals surface area contributed by atoms with Gasteiger partial charge in [-0.2, -0.15) is 5.10 Å². The molecule has 2 amide bonds. The van der Waals surface area contributed by atoms with Crippen molar-refractivity contribution in [2.24, 2.45) is 16.6 Å².